The van der Waals surface area contributed by atoms with Gasteiger partial charge in [-0.2, -0.15) is 0 Å². The average Bonchev–Trinajstić information content (AvgIpc) is 2.34. The van der Waals surface area contributed by atoms with E-state index in [-0.39, 0.29) is 6.04 Å². The maximum Gasteiger partial charge on any atom is 0.161 e. The number of hydrogen-bond acceptors (Lipinski definition) is 3. The van der Waals surface area contributed by atoms with Gasteiger partial charge >= 0.3 is 0 Å². The van der Waals surface area contributed by atoms with Gasteiger partial charge in [0.15, 0.2) is 11.5 Å². The van der Waals surface area contributed by atoms with Gasteiger partial charge in [-0.1, -0.05) is 25.8 Å². The molecule has 2 N–H and O–H groups in total. The van der Waals surface area contributed by atoms with E-state index in [0.29, 0.717) is 0 Å². The topological polar surface area (TPSA) is 44.5 Å². The van der Waals surface area contributed by atoms with Gasteiger partial charge < -0.3 is 15.2 Å². The van der Waals surface area contributed by atoms with Gasteiger partial charge in [-0.15, -0.1) is 0 Å². The molecule has 0 fully saturated rings. The lowest BCUT2D eigenvalue weighted by molar-refractivity contribution is 0.354. The minimum absolute atomic E-state index is 0.0831. The summed E-state index contributed by atoms with van der Waals surface area (Å²) in [5, 5.41) is 0. The molecule has 1 aromatic rings. The molecule has 0 amide bonds. The smallest absolute Gasteiger partial charge is 0.161 e. The van der Waals surface area contributed by atoms with Gasteiger partial charge in [0.2, 0.25) is 0 Å². The van der Waals surface area contributed by atoms with E-state index >= 15 is 0 Å². The summed E-state index contributed by atoms with van der Waals surface area (Å²) in [6.45, 7) is 2.17. The fraction of sp³-hybridized carbons (Fsp3) is 0.538. The molecule has 3 nitrogen and oxygen atoms in total. The van der Waals surface area contributed by atoms with Crippen LogP contribution in [0, 0.1) is 0 Å². The van der Waals surface area contributed by atoms with Gasteiger partial charge in [0.05, 0.1) is 14.2 Å². The van der Waals surface area contributed by atoms with Crippen molar-refractivity contribution in [2.45, 2.75) is 32.2 Å². The maximum atomic E-state index is 6.10. The van der Waals surface area contributed by atoms with Crippen LogP contribution in [0.25, 0.3) is 0 Å². The van der Waals surface area contributed by atoms with E-state index < -0.39 is 0 Å². The van der Waals surface area contributed by atoms with Crippen LogP contribution in [0.1, 0.15) is 37.8 Å². The van der Waals surface area contributed by atoms with Crippen molar-refractivity contribution in [2.24, 2.45) is 5.73 Å². The predicted octanol–water partition coefficient (Wildman–Crippen LogP) is 2.89. The SMILES string of the molecule is CCCC[C@H](N)c1ccc(OC)c(OC)c1. The minimum Gasteiger partial charge on any atom is -0.493 e. The van der Waals surface area contributed by atoms with Gasteiger partial charge in [0.1, 0.15) is 0 Å². The molecule has 0 spiro atoms. The summed E-state index contributed by atoms with van der Waals surface area (Å²) in [4.78, 5) is 0. The second-order valence-corrected chi connectivity index (χ2v) is 3.86. The third kappa shape index (κ3) is 3.14. The first kappa shape index (κ1) is 12.8. The zero-order chi connectivity index (χ0) is 12.0. The second kappa shape index (κ2) is 6.38. The Balaban J connectivity index is 2.81. The number of unbranched alkanes of at least 4 members (excludes halogenated alkanes) is 1. The molecule has 0 aliphatic carbocycles. The van der Waals surface area contributed by atoms with Crippen molar-refractivity contribution in [3.05, 3.63) is 23.8 Å². The summed E-state index contributed by atoms with van der Waals surface area (Å²) in [5.41, 5.74) is 7.20. The lowest BCUT2D eigenvalue weighted by Crippen LogP contribution is -2.10. The fourth-order valence-electron chi connectivity index (χ4n) is 1.67. The molecule has 0 radical (unpaired) electrons. The van der Waals surface area contributed by atoms with Gasteiger partial charge in [0.25, 0.3) is 0 Å². The fourth-order valence-corrected chi connectivity index (χ4v) is 1.67. The van der Waals surface area contributed by atoms with Crippen molar-refractivity contribution in [1.29, 1.82) is 0 Å². The lowest BCUT2D eigenvalue weighted by atomic mass is 10.0. The van der Waals surface area contributed by atoms with E-state index in [1.807, 2.05) is 18.2 Å². The Bertz CT molecular complexity index is 326. The van der Waals surface area contributed by atoms with E-state index in [1.54, 1.807) is 14.2 Å². The highest BCUT2D eigenvalue weighted by Gasteiger charge is 2.09. The molecule has 0 saturated heterocycles. The molecule has 0 unspecified atom stereocenters. The molecule has 3 heteroatoms. The Morgan fingerprint density at radius 2 is 1.88 bits per heavy atom. The summed E-state index contributed by atoms with van der Waals surface area (Å²) in [6.07, 6.45) is 3.32. The standard InChI is InChI=1S/C13H21NO2/c1-4-5-6-11(14)10-7-8-12(15-2)13(9-10)16-3/h7-9,11H,4-6,14H2,1-3H3/t11-/m0/s1. The molecule has 0 aromatic heterocycles. The zero-order valence-electron chi connectivity index (χ0n) is 10.3. The normalized spacial score (nSPS) is 12.2. The van der Waals surface area contributed by atoms with E-state index in [1.165, 1.54) is 6.42 Å². The molecular formula is C13H21NO2. The van der Waals surface area contributed by atoms with Gasteiger partial charge in [-0.05, 0) is 24.1 Å². The van der Waals surface area contributed by atoms with Gasteiger partial charge in [-0.3, -0.25) is 0 Å². The van der Waals surface area contributed by atoms with Crippen LogP contribution in [-0.2, 0) is 0 Å². The average molecular weight is 223 g/mol. The first-order chi connectivity index (χ1) is 7.72. The second-order valence-electron chi connectivity index (χ2n) is 3.86. The predicted molar refractivity (Wildman–Crippen MR) is 66.0 cm³/mol. The number of hydrogen-bond donors (Lipinski definition) is 1. The van der Waals surface area contributed by atoms with E-state index in [9.17, 15) is 0 Å². The Morgan fingerprint density at radius 1 is 1.19 bits per heavy atom. The van der Waals surface area contributed by atoms with Crippen LogP contribution in [0.2, 0.25) is 0 Å². The van der Waals surface area contributed by atoms with Crippen LogP contribution >= 0.6 is 0 Å². The van der Waals surface area contributed by atoms with Crippen LogP contribution in [0.3, 0.4) is 0 Å². The van der Waals surface area contributed by atoms with E-state index in [4.69, 9.17) is 15.2 Å². The van der Waals surface area contributed by atoms with Crippen molar-refractivity contribution < 1.29 is 9.47 Å². The van der Waals surface area contributed by atoms with Crippen LogP contribution in [-0.4, -0.2) is 14.2 Å². The maximum absolute atomic E-state index is 6.10. The molecule has 0 aliphatic heterocycles. The lowest BCUT2D eigenvalue weighted by Gasteiger charge is -2.14. The largest absolute Gasteiger partial charge is 0.493 e. The van der Waals surface area contributed by atoms with Gasteiger partial charge in [0, 0.05) is 6.04 Å². The number of ether oxygens (including phenoxy) is 2. The Hall–Kier alpha value is -1.22. The molecule has 1 rings (SSSR count). The molecule has 0 heterocycles. The summed E-state index contributed by atoms with van der Waals surface area (Å²) >= 11 is 0. The molecule has 16 heavy (non-hydrogen) atoms. The zero-order valence-corrected chi connectivity index (χ0v) is 10.3. The number of benzene rings is 1. The Morgan fingerprint density at radius 3 is 2.44 bits per heavy atom. The van der Waals surface area contributed by atoms with Gasteiger partial charge in [-0.25, -0.2) is 0 Å². The molecule has 1 aromatic carbocycles. The number of rotatable bonds is 6. The molecule has 1 atom stereocenters. The first-order valence-electron chi connectivity index (χ1n) is 5.70. The summed E-state index contributed by atoms with van der Waals surface area (Å²) in [6, 6.07) is 5.95. The molecule has 0 bridgehead atoms. The monoisotopic (exact) mass is 223 g/mol. The highest BCUT2D eigenvalue weighted by atomic mass is 16.5. The summed E-state index contributed by atoms with van der Waals surface area (Å²) in [5.74, 6) is 1.49. The van der Waals surface area contributed by atoms with E-state index in [0.717, 1.165) is 29.9 Å². The van der Waals surface area contributed by atoms with E-state index in [2.05, 4.69) is 6.92 Å². The number of methoxy groups -OCH3 is 2. The minimum atomic E-state index is 0.0831. The highest BCUT2D eigenvalue weighted by molar-refractivity contribution is 5.43. The quantitative estimate of drug-likeness (QED) is 0.806. The Labute approximate surface area is 97.6 Å². The first-order valence-corrected chi connectivity index (χ1v) is 5.70. The molecule has 0 saturated carbocycles. The highest BCUT2D eigenvalue weighted by Crippen LogP contribution is 2.30. The molecule has 90 valence electrons. The molecule has 0 aliphatic rings. The third-order valence-electron chi connectivity index (χ3n) is 2.70. The number of nitrogens with two attached hydrogens (primary N) is 1. The Kier molecular flexibility index (Phi) is 5.12. The van der Waals surface area contributed by atoms with Crippen molar-refractivity contribution in [1.82, 2.24) is 0 Å². The summed E-state index contributed by atoms with van der Waals surface area (Å²) < 4.78 is 10.4. The summed E-state index contributed by atoms with van der Waals surface area (Å²) in [7, 11) is 3.27. The van der Waals surface area contributed by atoms with Crippen molar-refractivity contribution >= 4 is 0 Å². The van der Waals surface area contributed by atoms with Crippen LogP contribution in [0.5, 0.6) is 11.5 Å². The van der Waals surface area contributed by atoms with Crippen LogP contribution in [0.4, 0.5) is 0 Å². The van der Waals surface area contributed by atoms with Crippen molar-refractivity contribution in [3.8, 4) is 11.5 Å². The van der Waals surface area contributed by atoms with Crippen LogP contribution in [0.15, 0.2) is 18.2 Å². The van der Waals surface area contributed by atoms with Crippen molar-refractivity contribution in [3.63, 3.8) is 0 Å². The van der Waals surface area contributed by atoms with Crippen molar-refractivity contribution in [2.75, 3.05) is 14.2 Å². The third-order valence-corrected chi connectivity index (χ3v) is 2.70. The van der Waals surface area contributed by atoms with Crippen LogP contribution < -0.4 is 15.2 Å². The molecular weight excluding hydrogens is 202 g/mol.